The van der Waals surface area contributed by atoms with Crippen molar-refractivity contribution >= 4 is 17.9 Å². The van der Waals surface area contributed by atoms with Gasteiger partial charge < -0.3 is 23.8 Å². The third kappa shape index (κ3) is 27.6. The summed E-state index contributed by atoms with van der Waals surface area (Å²) in [6, 6.07) is -0.618. The van der Waals surface area contributed by atoms with Crippen LogP contribution in [-0.2, 0) is 28.6 Å². The monoisotopic (exact) mass is 636 g/mol. The summed E-state index contributed by atoms with van der Waals surface area (Å²) in [5.74, 6) is -1.53. The number of unbranched alkanes of at least 4 members (excludes halogenated alkanes) is 10. The lowest BCUT2D eigenvalue weighted by Gasteiger charge is -2.31. The molecule has 0 fully saturated rings. The molecular formula is C37H66NO7+. The van der Waals surface area contributed by atoms with Crippen molar-refractivity contribution in [3.63, 3.8) is 0 Å². The van der Waals surface area contributed by atoms with Gasteiger partial charge in [-0.25, -0.2) is 4.79 Å². The van der Waals surface area contributed by atoms with Crippen LogP contribution in [0.2, 0.25) is 0 Å². The van der Waals surface area contributed by atoms with Crippen LogP contribution in [0.25, 0.3) is 0 Å². The number of quaternary nitrogens is 1. The SMILES string of the molecule is CC/C=C/C/C=C/CCCCC(=O)OC(COCCC(C(=O)O)[N+](C)(C)C)COC(=O)CCCCCCC/C=C/CCCCC. The molecule has 0 aromatic rings. The average Bonchev–Trinajstić information content (AvgIpc) is 2.98. The Morgan fingerprint density at radius 2 is 1.24 bits per heavy atom. The van der Waals surface area contributed by atoms with Gasteiger partial charge in [0.05, 0.1) is 34.4 Å². The lowest BCUT2D eigenvalue weighted by molar-refractivity contribution is -0.887. The number of nitrogens with zero attached hydrogens (tertiary/aromatic N) is 1. The Bertz CT molecular complexity index is 844. The minimum Gasteiger partial charge on any atom is -0.477 e. The Balaban J connectivity index is 4.51. The zero-order valence-electron chi connectivity index (χ0n) is 29.3. The number of aliphatic carboxylic acids is 1. The van der Waals surface area contributed by atoms with E-state index in [4.69, 9.17) is 14.2 Å². The van der Waals surface area contributed by atoms with Gasteiger partial charge in [-0.3, -0.25) is 9.59 Å². The highest BCUT2D eigenvalue weighted by atomic mass is 16.6. The van der Waals surface area contributed by atoms with Gasteiger partial charge in [-0.15, -0.1) is 0 Å². The Morgan fingerprint density at radius 3 is 1.89 bits per heavy atom. The third-order valence-corrected chi connectivity index (χ3v) is 7.52. The third-order valence-electron chi connectivity index (χ3n) is 7.52. The molecule has 2 unspecified atom stereocenters. The first-order chi connectivity index (χ1) is 21.6. The fourth-order valence-electron chi connectivity index (χ4n) is 4.77. The number of hydrogen-bond acceptors (Lipinski definition) is 6. The molecule has 0 aliphatic rings. The number of hydrogen-bond donors (Lipinski definition) is 1. The molecule has 2 atom stereocenters. The van der Waals surface area contributed by atoms with Gasteiger partial charge in [0, 0.05) is 19.3 Å². The van der Waals surface area contributed by atoms with Gasteiger partial charge in [-0.05, 0) is 64.2 Å². The first-order valence-corrected chi connectivity index (χ1v) is 17.5. The smallest absolute Gasteiger partial charge is 0.362 e. The Labute approximate surface area is 274 Å². The maximum atomic E-state index is 12.5. The second kappa shape index (κ2) is 29.0. The molecule has 0 bridgehead atoms. The van der Waals surface area contributed by atoms with Crippen LogP contribution in [0.5, 0.6) is 0 Å². The zero-order chi connectivity index (χ0) is 33.6. The van der Waals surface area contributed by atoms with E-state index in [1.165, 1.54) is 32.1 Å². The van der Waals surface area contributed by atoms with Crippen molar-refractivity contribution in [3.05, 3.63) is 36.5 Å². The first-order valence-electron chi connectivity index (χ1n) is 17.5. The topological polar surface area (TPSA) is 99.1 Å². The van der Waals surface area contributed by atoms with Gasteiger partial charge in [0.1, 0.15) is 6.61 Å². The summed E-state index contributed by atoms with van der Waals surface area (Å²) in [6.45, 7) is 4.51. The molecule has 260 valence electrons. The van der Waals surface area contributed by atoms with E-state index >= 15 is 0 Å². The molecule has 0 aliphatic carbocycles. The number of allylic oxidation sites excluding steroid dienone is 6. The predicted molar refractivity (Wildman–Crippen MR) is 183 cm³/mol. The minimum atomic E-state index is -0.884. The van der Waals surface area contributed by atoms with Crippen LogP contribution in [0.15, 0.2) is 36.5 Å². The minimum absolute atomic E-state index is 0.0452. The highest BCUT2D eigenvalue weighted by molar-refractivity contribution is 5.72. The average molecular weight is 637 g/mol. The molecule has 8 heteroatoms. The number of carbonyl (C=O) groups is 3. The van der Waals surface area contributed by atoms with Crippen molar-refractivity contribution in [3.8, 4) is 0 Å². The summed E-state index contributed by atoms with van der Waals surface area (Å²) < 4.78 is 17.1. The number of carboxylic acids is 1. The van der Waals surface area contributed by atoms with E-state index in [1.807, 2.05) is 21.1 Å². The second-order valence-corrected chi connectivity index (χ2v) is 12.7. The summed E-state index contributed by atoms with van der Waals surface area (Å²) in [5, 5.41) is 9.54. The lowest BCUT2D eigenvalue weighted by atomic mass is 10.1. The van der Waals surface area contributed by atoms with Gasteiger partial charge >= 0.3 is 17.9 Å². The van der Waals surface area contributed by atoms with E-state index in [1.54, 1.807) is 0 Å². The van der Waals surface area contributed by atoms with E-state index in [-0.39, 0.29) is 42.7 Å². The number of carboxylic acid groups (broad SMARTS) is 1. The Kier molecular flexibility index (Phi) is 27.4. The molecule has 1 N–H and O–H groups in total. The highest BCUT2D eigenvalue weighted by Crippen LogP contribution is 2.12. The number of carbonyl (C=O) groups excluding carboxylic acids is 2. The molecule has 0 radical (unpaired) electrons. The van der Waals surface area contributed by atoms with Crippen molar-refractivity contribution in [1.82, 2.24) is 0 Å². The molecule has 0 spiro atoms. The molecule has 0 saturated heterocycles. The van der Waals surface area contributed by atoms with Crippen LogP contribution < -0.4 is 0 Å². The lowest BCUT2D eigenvalue weighted by Crippen LogP contribution is -2.50. The van der Waals surface area contributed by atoms with Crippen LogP contribution in [0.1, 0.15) is 129 Å². The van der Waals surface area contributed by atoms with Gasteiger partial charge in [0.2, 0.25) is 0 Å². The van der Waals surface area contributed by atoms with Crippen LogP contribution in [0, 0.1) is 0 Å². The van der Waals surface area contributed by atoms with Crippen LogP contribution in [0.4, 0.5) is 0 Å². The quantitative estimate of drug-likeness (QED) is 0.0366. The largest absolute Gasteiger partial charge is 0.477 e. The molecule has 0 heterocycles. The second-order valence-electron chi connectivity index (χ2n) is 12.7. The molecule has 0 amide bonds. The molecule has 0 aliphatic heterocycles. The van der Waals surface area contributed by atoms with Crippen molar-refractivity contribution < 1.29 is 38.2 Å². The molecule has 0 saturated carbocycles. The first kappa shape index (κ1) is 42.6. The van der Waals surface area contributed by atoms with E-state index < -0.39 is 18.1 Å². The van der Waals surface area contributed by atoms with Crippen LogP contribution in [-0.4, -0.2) is 80.6 Å². The van der Waals surface area contributed by atoms with Crippen molar-refractivity contribution in [2.24, 2.45) is 0 Å². The van der Waals surface area contributed by atoms with Crippen molar-refractivity contribution in [2.45, 2.75) is 142 Å². The summed E-state index contributed by atoms with van der Waals surface area (Å²) >= 11 is 0. The highest BCUT2D eigenvalue weighted by Gasteiger charge is 2.31. The molecular weight excluding hydrogens is 570 g/mol. The summed E-state index contributed by atoms with van der Waals surface area (Å²) in [4.78, 5) is 36.6. The zero-order valence-corrected chi connectivity index (χ0v) is 29.3. The van der Waals surface area contributed by atoms with Gasteiger partial charge in [0.15, 0.2) is 12.1 Å². The van der Waals surface area contributed by atoms with Crippen LogP contribution in [0.3, 0.4) is 0 Å². The Morgan fingerprint density at radius 1 is 0.689 bits per heavy atom. The van der Waals surface area contributed by atoms with Gasteiger partial charge in [-0.2, -0.15) is 0 Å². The standard InChI is InChI=1S/C37H65NO7/c1-6-8-10-12-14-16-17-18-20-21-23-25-27-35(39)44-32-33(31-43-30-29-34(37(41)42)38(3,4)5)45-36(40)28-26-24-22-19-15-13-11-9-7-2/h9,11,14-16,19,33-34H,6-8,10,12-13,17-18,20-32H2,1-5H3/p+1/b11-9+,16-14+,19-15+. The molecule has 8 nitrogen and oxygen atoms in total. The summed E-state index contributed by atoms with van der Waals surface area (Å²) in [5.41, 5.74) is 0. The van der Waals surface area contributed by atoms with E-state index in [0.29, 0.717) is 19.3 Å². The fourth-order valence-corrected chi connectivity index (χ4v) is 4.77. The molecule has 0 aromatic carbocycles. The Hall–Kier alpha value is -2.45. The van der Waals surface area contributed by atoms with E-state index in [0.717, 1.165) is 57.8 Å². The predicted octanol–water partition coefficient (Wildman–Crippen LogP) is 8.35. The van der Waals surface area contributed by atoms with E-state index in [2.05, 4.69) is 50.3 Å². The molecule has 0 rings (SSSR count). The number of esters is 2. The van der Waals surface area contributed by atoms with Crippen molar-refractivity contribution in [2.75, 3.05) is 41.0 Å². The number of rotatable bonds is 30. The fraction of sp³-hybridized carbons (Fsp3) is 0.757. The normalized spacial score (nSPS) is 13.5. The van der Waals surface area contributed by atoms with Crippen molar-refractivity contribution in [1.29, 1.82) is 0 Å². The number of ether oxygens (including phenoxy) is 3. The number of likely N-dealkylation sites (N-methyl/N-ethyl adjacent to an activating group) is 1. The van der Waals surface area contributed by atoms with E-state index in [9.17, 15) is 19.5 Å². The molecule has 0 aromatic heterocycles. The summed E-state index contributed by atoms with van der Waals surface area (Å²) in [7, 11) is 5.49. The maximum absolute atomic E-state index is 12.5. The van der Waals surface area contributed by atoms with Crippen LogP contribution >= 0.6 is 0 Å². The maximum Gasteiger partial charge on any atom is 0.362 e. The van der Waals surface area contributed by atoms with Gasteiger partial charge in [0.25, 0.3) is 0 Å². The summed E-state index contributed by atoms with van der Waals surface area (Å²) in [6.07, 6.45) is 29.2. The molecule has 45 heavy (non-hydrogen) atoms. The van der Waals surface area contributed by atoms with Gasteiger partial charge in [-0.1, -0.05) is 82.4 Å².